The van der Waals surface area contributed by atoms with E-state index in [1.54, 1.807) is 0 Å². The Labute approximate surface area is 91.0 Å². The van der Waals surface area contributed by atoms with Gasteiger partial charge in [-0.25, -0.2) is 4.79 Å². The van der Waals surface area contributed by atoms with Gasteiger partial charge < -0.3 is 10.1 Å². The number of carbonyl (C=O) groups is 1. The zero-order valence-electron chi connectivity index (χ0n) is 9.88. The predicted octanol–water partition coefficient (Wildman–Crippen LogP) is 0.333. The first-order valence-electron chi connectivity index (χ1n) is 5.73. The molecule has 2 rings (SSSR count). The maximum atomic E-state index is 11.8. The number of rotatable bonds is 0. The first-order valence-corrected chi connectivity index (χ1v) is 5.73. The second-order valence-electron chi connectivity index (χ2n) is 5.76. The van der Waals surface area contributed by atoms with Gasteiger partial charge in [-0.3, -0.25) is 4.90 Å². The fraction of sp³-hybridized carbons (Fsp3) is 0.909. The van der Waals surface area contributed by atoms with E-state index in [4.69, 9.17) is 4.74 Å². The van der Waals surface area contributed by atoms with Crippen LogP contribution in [0.3, 0.4) is 0 Å². The number of hydrogen-bond donors (Lipinski definition) is 1. The summed E-state index contributed by atoms with van der Waals surface area (Å²) in [5.74, 6) is 0. The van der Waals surface area contributed by atoms with Gasteiger partial charge in [0.05, 0.1) is 19.6 Å². The molecule has 0 bridgehead atoms. The van der Waals surface area contributed by atoms with E-state index in [1.165, 1.54) is 12.8 Å². The SMILES string of the molecule is CC(C)(C)OC(=O)N1CC[NH2+]C2(CC2)C1. The summed E-state index contributed by atoms with van der Waals surface area (Å²) in [5.41, 5.74) is -0.0237. The van der Waals surface area contributed by atoms with Gasteiger partial charge in [-0.15, -0.1) is 0 Å². The maximum Gasteiger partial charge on any atom is 0.410 e. The number of piperazine rings is 1. The highest BCUT2D eigenvalue weighted by molar-refractivity contribution is 5.68. The molecular weight excluding hydrogens is 192 g/mol. The van der Waals surface area contributed by atoms with Gasteiger partial charge in [0.2, 0.25) is 0 Å². The van der Waals surface area contributed by atoms with Crippen LogP contribution in [0.4, 0.5) is 4.79 Å². The van der Waals surface area contributed by atoms with Crippen molar-refractivity contribution in [3.05, 3.63) is 0 Å². The minimum absolute atomic E-state index is 0.151. The second-order valence-corrected chi connectivity index (χ2v) is 5.76. The Balaban J connectivity index is 1.90. The summed E-state index contributed by atoms with van der Waals surface area (Å²) in [4.78, 5) is 13.7. The average Bonchev–Trinajstić information content (AvgIpc) is 2.82. The number of nitrogens with zero attached hydrogens (tertiary/aromatic N) is 1. The normalized spacial score (nSPS) is 24.1. The van der Waals surface area contributed by atoms with Crippen molar-refractivity contribution in [2.75, 3.05) is 19.6 Å². The van der Waals surface area contributed by atoms with Crippen molar-refractivity contribution in [2.24, 2.45) is 0 Å². The van der Waals surface area contributed by atoms with Crippen molar-refractivity contribution in [1.82, 2.24) is 4.90 Å². The summed E-state index contributed by atoms with van der Waals surface area (Å²) < 4.78 is 5.37. The van der Waals surface area contributed by atoms with E-state index in [1.807, 2.05) is 25.7 Å². The zero-order chi connectivity index (χ0) is 11.1. The molecule has 4 heteroatoms. The van der Waals surface area contributed by atoms with Crippen LogP contribution in [0.1, 0.15) is 33.6 Å². The Morgan fingerprint density at radius 2 is 2.07 bits per heavy atom. The van der Waals surface area contributed by atoms with Gasteiger partial charge in [0, 0.05) is 12.8 Å². The fourth-order valence-corrected chi connectivity index (χ4v) is 2.06. The van der Waals surface area contributed by atoms with E-state index >= 15 is 0 Å². The zero-order valence-corrected chi connectivity index (χ0v) is 9.88. The molecule has 1 aliphatic heterocycles. The predicted molar refractivity (Wildman–Crippen MR) is 56.6 cm³/mol. The number of amides is 1. The summed E-state index contributed by atoms with van der Waals surface area (Å²) in [6.45, 7) is 8.42. The quantitative estimate of drug-likeness (QED) is 0.630. The summed E-state index contributed by atoms with van der Waals surface area (Å²) >= 11 is 0. The monoisotopic (exact) mass is 213 g/mol. The molecule has 2 N–H and O–H groups in total. The lowest BCUT2D eigenvalue weighted by molar-refractivity contribution is -0.711. The summed E-state index contributed by atoms with van der Waals surface area (Å²) in [6.07, 6.45) is 2.33. The third-order valence-electron chi connectivity index (χ3n) is 3.03. The topological polar surface area (TPSA) is 46.1 Å². The Bertz CT molecular complexity index is 266. The molecule has 2 fully saturated rings. The number of nitrogens with two attached hydrogens (primary N) is 1. The van der Waals surface area contributed by atoms with E-state index in [0.29, 0.717) is 5.54 Å². The molecule has 0 radical (unpaired) electrons. The number of ether oxygens (including phenoxy) is 1. The van der Waals surface area contributed by atoms with Crippen LogP contribution in [0, 0.1) is 0 Å². The van der Waals surface area contributed by atoms with E-state index in [9.17, 15) is 4.79 Å². The van der Waals surface area contributed by atoms with Gasteiger partial charge in [-0.1, -0.05) is 0 Å². The molecule has 0 aromatic carbocycles. The highest BCUT2D eigenvalue weighted by atomic mass is 16.6. The molecular formula is C11H21N2O2+. The Morgan fingerprint density at radius 1 is 1.40 bits per heavy atom. The van der Waals surface area contributed by atoms with Crippen LogP contribution >= 0.6 is 0 Å². The third kappa shape index (κ3) is 2.62. The molecule has 0 unspecified atom stereocenters. The smallest absolute Gasteiger partial charge is 0.410 e. The Morgan fingerprint density at radius 3 is 2.60 bits per heavy atom. The van der Waals surface area contributed by atoms with Crippen molar-refractivity contribution in [1.29, 1.82) is 0 Å². The van der Waals surface area contributed by atoms with Crippen LogP contribution in [-0.2, 0) is 4.74 Å². The molecule has 1 amide bonds. The lowest BCUT2D eigenvalue weighted by Crippen LogP contribution is -2.97. The molecule has 0 atom stereocenters. The van der Waals surface area contributed by atoms with Gasteiger partial charge in [-0.05, 0) is 20.8 Å². The van der Waals surface area contributed by atoms with Crippen molar-refractivity contribution in [3.63, 3.8) is 0 Å². The minimum atomic E-state index is -0.380. The van der Waals surface area contributed by atoms with Gasteiger partial charge in [0.25, 0.3) is 0 Å². The Hall–Kier alpha value is -0.770. The molecule has 1 heterocycles. The van der Waals surface area contributed by atoms with E-state index in [0.717, 1.165) is 19.6 Å². The second kappa shape index (κ2) is 3.37. The molecule has 4 nitrogen and oxygen atoms in total. The standard InChI is InChI=1S/C11H20N2O2/c1-10(2,3)15-9(14)13-7-6-12-11(8-13)4-5-11/h12H,4-8H2,1-3H3/p+1. The number of carbonyl (C=O) groups excluding carboxylic acids is 1. The van der Waals surface area contributed by atoms with E-state index in [-0.39, 0.29) is 11.7 Å². The first kappa shape index (κ1) is 10.7. The van der Waals surface area contributed by atoms with Crippen LogP contribution in [0.2, 0.25) is 0 Å². The van der Waals surface area contributed by atoms with Crippen molar-refractivity contribution in [2.45, 2.75) is 44.8 Å². The molecule has 2 aliphatic rings. The molecule has 0 aromatic rings. The lowest BCUT2D eigenvalue weighted by Gasteiger charge is -2.32. The molecule has 1 saturated heterocycles. The molecule has 1 spiro atoms. The van der Waals surface area contributed by atoms with E-state index < -0.39 is 0 Å². The summed E-state index contributed by atoms with van der Waals surface area (Å²) in [6, 6.07) is 0. The molecule has 0 aromatic heterocycles. The van der Waals surface area contributed by atoms with Crippen LogP contribution in [0.15, 0.2) is 0 Å². The lowest BCUT2D eigenvalue weighted by atomic mass is 10.2. The molecule has 1 saturated carbocycles. The average molecular weight is 213 g/mol. The van der Waals surface area contributed by atoms with Crippen LogP contribution in [0.25, 0.3) is 0 Å². The van der Waals surface area contributed by atoms with Gasteiger partial charge in [0.1, 0.15) is 11.1 Å². The van der Waals surface area contributed by atoms with Gasteiger partial charge in [-0.2, -0.15) is 0 Å². The van der Waals surface area contributed by atoms with Crippen LogP contribution < -0.4 is 5.32 Å². The molecule has 1 aliphatic carbocycles. The van der Waals surface area contributed by atoms with Crippen molar-refractivity contribution < 1.29 is 14.8 Å². The van der Waals surface area contributed by atoms with Crippen molar-refractivity contribution in [3.8, 4) is 0 Å². The highest BCUT2D eigenvalue weighted by Gasteiger charge is 2.51. The summed E-state index contributed by atoms with van der Waals surface area (Å²) in [5, 5.41) is 2.38. The maximum absolute atomic E-state index is 11.8. The largest absolute Gasteiger partial charge is 0.444 e. The molecule has 15 heavy (non-hydrogen) atoms. The highest BCUT2D eigenvalue weighted by Crippen LogP contribution is 2.33. The number of quaternary nitrogens is 1. The van der Waals surface area contributed by atoms with Crippen LogP contribution in [0.5, 0.6) is 0 Å². The Kier molecular flexibility index (Phi) is 2.41. The van der Waals surface area contributed by atoms with Crippen LogP contribution in [-0.4, -0.2) is 41.8 Å². The number of hydrogen-bond acceptors (Lipinski definition) is 2. The third-order valence-corrected chi connectivity index (χ3v) is 3.03. The van der Waals surface area contributed by atoms with Gasteiger partial charge in [0.15, 0.2) is 0 Å². The minimum Gasteiger partial charge on any atom is -0.444 e. The first-order chi connectivity index (χ1) is 6.90. The fourth-order valence-electron chi connectivity index (χ4n) is 2.06. The summed E-state index contributed by atoms with van der Waals surface area (Å²) in [7, 11) is 0. The van der Waals surface area contributed by atoms with E-state index in [2.05, 4.69) is 5.32 Å². The van der Waals surface area contributed by atoms with Gasteiger partial charge >= 0.3 is 6.09 Å². The van der Waals surface area contributed by atoms with Crippen molar-refractivity contribution >= 4 is 6.09 Å². The molecule has 86 valence electrons.